The molecule has 2 rings (SSSR count). The first kappa shape index (κ1) is 13.0. The molecule has 0 saturated carbocycles. The molecule has 1 aromatic carbocycles. The lowest BCUT2D eigenvalue weighted by atomic mass is 9.84. The fraction of sp³-hybridized carbons (Fsp3) is 0.462. The van der Waals surface area contributed by atoms with Crippen LogP contribution in [0.1, 0.15) is 32.3 Å². The minimum absolute atomic E-state index is 0.00786. The van der Waals surface area contributed by atoms with Crippen LogP contribution in [-0.2, 0) is 0 Å². The molecule has 0 spiro atoms. The van der Waals surface area contributed by atoms with Gasteiger partial charge in [-0.3, -0.25) is 0 Å². The van der Waals surface area contributed by atoms with Gasteiger partial charge >= 0.3 is 6.16 Å². The zero-order valence-electron chi connectivity index (χ0n) is 10.4. The van der Waals surface area contributed by atoms with Crippen molar-refractivity contribution in [2.24, 2.45) is 0 Å². The molecule has 0 bridgehead atoms. The summed E-state index contributed by atoms with van der Waals surface area (Å²) in [7, 11) is 0. The molecule has 98 valence electrons. The summed E-state index contributed by atoms with van der Waals surface area (Å²) >= 11 is 6.22. The van der Waals surface area contributed by atoms with E-state index in [2.05, 4.69) is 0 Å². The molecule has 2 atom stereocenters. The van der Waals surface area contributed by atoms with Crippen molar-refractivity contribution in [2.45, 2.75) is 37.7 Å². The summed E-state index contributed by atoms with van der Waals surface area (Å²) in [5.74, 6) is 0.682. The summed E-state index contributed by atoms with van der Waals surface area (Å²) in [6.07, 6.45) is -1.35. The van der Waals surface area contributed by atoms with Crippen molar-refractivity contribution in [1.82, 2.24) is 0 Å². The van der Waals surface area contributed by atoms with Crippen molar-refractivity contribution in [3.05, 3.63) is 23.8 Å². The second-order valence-corrected chi connectivity index (χ2v) is 5.59. The van der Waals surface area contributed by atoms with Gasteiger partial charge in [-0.15, -0.1) is 11.6 Å². The number of hydrogen-bond acceptors (Lipinski definition) is 3. The smallest absolute Gasteiger partial charge is 0.483 e. The van der Waals surface area contributed by atoms with Gasteiger partial charge in [-0.1, -0.05) is 12.1 Å². The lowest BCUT2D eigenvalue weighted by molar-refractivity contribution is 0.102. The Kier molecular flexibility index (Phi) is 3.15. The predicted octanol–water partition coefficient (Wildman–Crippen LogP) is 3.63. The Morgan fingerprint density at radius 3 is 2.78 bits per heavy atom. The highest BCUT2D eigenvalue weighted by molar-refractivity contribution is 6.21. The molecule has 0 aliphatic carbocycles. The molecule has 0 fully saturated rings. The third kappa shape index (κ3) is 2.12. The van der Waals surface area contributed by atoms with Crippen LogP contribution in [0.15, 0.2) is 18.2 Å². The maximum absolute atomic E-state index is 10.6. The van der Waals surface area contributed by atoms with Crippen LogP contribution in [0.5, 0.6) is 11.5 Å². The molecule has 5 heteroatoms. The van der Waals surface area contributed by atoms with Crippen LogP contribution in [0.2, 0.25) is 0 Å². The average Bonchev–Trinajstić information content (AvgIpc) is 2.48. The van der Waals surface area contributed by atoms with E-state index in [-0.39, 0.29) is 17.0 Å². The first-order valence-electron chi connectivity index (χ1n) is 5.69. The van der Waals surface area contributed by atoms with E-state index in [1.54, 1.807) is 12.1 Å². The van der Waals surface area contributed by atoms with Gasteiger partial charge in [0.2, 0.25) is 0 Å². The van der Waals surface area contributed by atoms with Crippen molar-refractivity contribution < 1.29 is 19.4 Å². The fourth-order valence-electron chi connectivity index (χ4n) is 2.56. The first-order chi connectivity index (χ1) is 8.33. The van der Waals surface area contributed by atoms with Crippen LogP contribution in [0.3, 0.4) is 0 Å². The number of halogens is 1. The van der Waals surface area contributed by atoms with Gasteiger partial charge in [0.25, 0.3) is 0 Å². The molecular formula is C13H15ClO4. The van der Waals surface area contributed by atoms with Gasteiger partial charge in [-0.05, 0) is 26.8 Å². The Labute approximate surface area is 110 Å². The summed E-state index contributed by atoms with van der Waals surface area (Å²) in [5.41, 5.74) is 0.405. The first-order valence-corrected chi connectivity index (χ1v) is 6.13. The van der Waals surface area contributed by atoms with Crippen molar-refractivity contribution in [3.8, 4) is 11.5 Å². The summed E-state index contributed by atoms with van der Waals surface area (Å²) < 4.78 is 10.6. The van der Waals surface area contributed by atoms with E-state index >= 15 is 0 Å². The molecule has 0 saturated heterocycles. The predicted molar refractivity (Wildman–Crippen MR) is 67.9 cm³/mol. The SMILES string of the molecule is CC(Cl)C1c2cccc(OC(=O)O)c2OC1(C)C. The molecule has 1 aliphatic heterocycles. The number of rotatable bonds is 2. The Bertz CT molecular complexity index is 482. The Morgan fingerprint density at radius 1 is 1.56 bits per heavy atom. The van der Waals surface area contributed by atoms with Crippen molar-refractivity contribution in [2.75, 3.05) is 0 Å². The lowest BCUT2D eigenvalue weighted by Gasteiger charge is -2.28. The summed E-state index contributed by atoms with van der Waals surface area (Å²) in [4.78, 5) is 10.6. The van der Waals surface area contributed by atoms with Crippen LogP contribution in [0.25, 0.3) is 0 Å². The number of carboxylic acid groups (broad SMARTS) is 1. The van der Waals surface area contributed by atoms with Crippen molar-refractivity contribution in [3.63, 3.8) is 0 Å². The van der Waals surface area contributed by atoms with Gasteiger partial charge in [0, 0.05) is 16.9 Å². The van der Waals surface area contributed by atoms with Crippen LogP contribution in [-0.4, -0.2) is 22.2 Å². The third-order valence-corrected chi connectivity index (χ3v) is 3.37. The van der Waals surface area contributed by atoms with Crippen LogP contribution >= 0.6 is 11.6 Å². The van der Waals surface area contributed by atoms with Gasteiger partial charge in [0.1, 0.15) is 5.60 Å². The molecule has 1 aromatic rings. The van der Waals surface area contributed by atoms with Crippen molar-refractivity contribution in [1.29, 1.82) is 0 Å². The number of carbonyl (C=O) groups is 1. The third-order valence-electron chi connectivity index (χ3n) is 3.12. The number of hydrogen-bond donors (Lipinski definition) is 1. The highest BCUT2D eigenvalue weighted by Crippen LogP contribution is 2.51. The van der Waals surface area contributed by atoms with E-state index in [1.807, 2.05) is 26.8 Å². The normalized spacial score (nSPS) is 21.9. The van der Waals surface area contributed by atoms with E-state index in [0.717, 1.165) is 5.56 Å². The second kappa shape index (κ2) is 4.35. The molecular weight excluding hydrogens is 256 g/mol. The largest absolute Gasteiger partial charge is 0.511 e. The Morgan fingerprint density at radius 2 is 2.22 bits per heavy atom. The van der Waals surface area contributed by atoms with Gasteiger partial charge < -0.3 is 14.6 Å². The number of fused-ring (bicyclic) bond motifs is 1. The van der Waals surface area contributed by atoms with E-state index in [9.17, 15) is 4.79 Å². The van der Waals surface area contributed by atoms with Crippen molar-refractivity contribution >= 4 is 17.8 Å². The number of alkyl halides is 1. The van der Waals surface area contributed by atoms with Crippen LogP contribution in [0.4, 0.5) is 4.79 Å². The van der Waals surface area contributed by atoms with Crippen LogP contribution in [0, 0.1) is 0 Å². The standard InChI is InChI=1S/C13H15ClO4/c1-7(14)10-8-5-4-6-9(17-12(15)16)11(8)18-13(10,2)3/h4-7,10H,1-3H3,(H,15,16). The molecule has 1 heterocycles. The minimum Gasteiger partial charge on any atom is -0.483 e. The molecule has 0 radical (unpaired) electrons. The second-order valence-electron chi connectivity index (χ2n) is 4.90. The topological polar surface area (TPSA) is 55.8 Å². The average molecular weight is 271 g/mol. The monoisotopic (exact) mass is 270 g/mol. The van der Waals surface area contributed by atoms with E-state index in [4.69, 9.17) is 26.2 Å². The lowest BCUT2D eigenvalue weighted by Crippen LogP contribution is -2.34. The summed E-state index contributed by atoms with van der Waals surface area (Å²) in [6, 6.07) is 5.21. The zero-order chi connectivity index (χ0) is 13.5. The number of ether oxygens (including phenoxy) is 2. The summed E-state index contributed by atoms with van der Waals surface area (Å²) in [6.45, 7) is 5.76. The number of para-hydroxylation sites is 1. The number of benzene rings is 1. The fourth-order valence-corrected chi connectivity index (χ4v) is 3.00. The van der Waals surface area contributed by atoms with Gasteiger partial charge in [-0.25, -0.2) is 4.79 Å². The van der Waals surface area contributed by atoms with Crippen LogP contribution < -0.4 is 9.47 Å². The molecule has 2 unspecified atom stereocenters. The van der Waals surface area contributed by atoms with E-state index in [1.165, 1.54) is 0 Å². The quantitative estimate of drug-likeness (QED) is 0.506. The molecule has 18 heavy (non-hydrogen) atoms. The molecule has 1 N–H and O–H groups in total. The summed E-state index contributed by atoms with van der Waals surface area (Å²) in [5, 5.41) is 8.58. The molecule has 1 aliphatic rings. The zero-order valence-corrected chi connectivity index (χ0v) is 11.2. The van der Waals surface area contributed by atoms with Gasteiger partial charge in [-0.2, -0.15) is 0 Å². The Balaban J connectivity index is 2.48. The van der Waals surface area contributed by atoms with Gasteiger partial charge in [0.05, 0.1) is 0 Å². The molecule has 4 nitrogen and oxygen atoms in total. The maximum atomic E-state index is 10.6. The van der Waals surface area contributed by atoms with E-state index in [0.29, 0.717) is 5.75 Å². The molecule has 0 aromatic heterocycles. The minimum atomic E-state index is -1.35. The Hall–Kier alpha value is -1.42. The molecule has 0 amide bonds. The van der Waals surface area contributed by atoms with Gasteiger partial charge in [0.15, 0.2) is 11.5 Å². The highest BCUT2D eigenvalue weighted by Gasteiger charge is 2.45. The van der Waals surface area contributed by atoms with E-state index < -0.39 is 11.8 Å². The maximum Gasteiger partial charge on any atom is 0.511 e. The highest BCUT2D eigenvalue weighted by atomic mass is 35.5.